The summed E-state index contributed by atoms with van der Waals surface area (Å²) in [6.07, 6.45) is -4.34. The van der Waals surface area contributed by atoms with Crippen molar-refractivity contribution in [3.8, 4) is 0 Å². The van der Waals surface area contributed by atoms with Gasteiger partial charge in [-0.05, 0) is 49.6 Å². The fourth-order valence-corrected chi connectivity index (χ4v) is 2.33. The molecular formula is C18H20F3NS. The lowest BCUT2D eigenvalue weighted by molar-refractivity contribution is -0.137. The van der Waals surface area contributed by atoms with Crippen LogP contribution in [0.15, 0.2) is 53.5 Å². The average molecular weight is 339 g/mol. The molecular weight excluding hydrogens is 319 g/mol. The molecule has 0 bridgehead atoms. The third-order valence-corrected chi connectivity index (χ3v) is 3.49. The molecule has 0 spiro atoms. The Balaban J connectivity index is 0.00000264. The second kappa shape index (κ2) is 7.68. The first-order valence-corrected chi connectivity index (χ1v) is 7.06. The van der Waals surface area contributed by atoms with Crippen molar-refractivity contribution < 1.29 is 13.2 Å². The van der Waals surface area contributed by atoms with Gasteiger partial charge in [0, 0.05) is 5.71 Å². The fraction of sp³-hybridized carbons (Fsp3) is 0.278. The van der Waals surface area contributed by atoms with E-state index in [0.29, 0.717) is 16.8 Å². The highest BCUT2D eigenvalue weighted by Crippen LogP contribution is 2.31. The SMILES string of the molecule is CC(=NC(C)c1ccccc1)c1cc(C)cc(C(F)(F)F)c1.S. The molecule has 1 nitrogen and oxygen atoms in total. The van der Waals surface area contributed by atoms with Crippen LogP contribution in [0.5, 0.6) is 0 Å². The van der Waals surface area contributed by atoms with Gasteiger partial charge in [-0.1, -0.05) is 36.4 Å². The van der Waals surface area contributed by atoms with E-state index < -0.39 is 11.7 Å². The minimum Gasteiger partial charge on any atom is -0.282 e. The van der Waals surface area contributed by atoms with E-state index in [0.717, 1.165) is 17.7 Å². The maximum Gasteiger partial charge on any atom is 0.416 e. The molecule has 1 atom stereocenters. The molecule has 0 aliphatic heterocycles. The smallest absolute Gasteiger partial charge is 0.282 e. The molecule has 0 aliphatic rings. The van der Waals surface area contributed by atoms with Gasteiger partial charge < -0.3 is 0 Å². The van der Waals surface area contributed by atoms with Crippen molar-refractivity contribution in [2.24, 2.45) is 4.99 Å². The van der Waals surface area contributed by atoms with Gasteiger partial charge >= 0.3 is 6.18 Å². The Morgan fingerprint density at radius 3 is 2.22 bits per heavy atom. The highest BCUT2D eigenvalue weighted by molar-refractivity contribution is 7.59. The van der Waals surface area contributed by atoms with Crippen LogP contribution >= 0.6 is 13.5 Å². The van der Waals surface area contributed by atoms with Crippen molar-refractivity contribution in [2.45, 2.75) is 33.0 Å². The number of hydrogen-bond acceptors (Lipinski definition) is 1. The zero-order chi connectivity index (χ0) is 16.3. The second-order valence-electron chi connectivity index (χ2n) is 5.39. The lowest BCUT2D eigenvalue weighted by Gasteiger charge is -2.12. The Morgan fingerprint density at radius 2 is 1.65 bits per heavy atom. The Morgan fingerprint density at radius 1 is 1.04 bits per heavy atom. The van der Waals surface area contributed by atoms with Gasteiger partial charge in [-0.15, -0.1) is 0 Å². The predicted octanol–water partition coefficient (Wildman–Crippen LogP) is 5.70. The molecule has 0 N–H and O–H groups in total. The van der Waals surface area contributed by atoms with Gasteiger partial charge in [-0.3, -0.25) is 4.99 Å². The number of rotatable bonds is 3. The molecule has 5 heteroatoms. The number of hydrogen-bond donors (Lipinski definition) is 0. The van der Waals surface area contributed by atoms with Crippen LogP contribution in [0.4, 0.5) is 13.2 Å². The number of halogens is 3. The zero-order valence-corrected chi connectivity index (χ0v) is 14.3. The molecule has 1 unspecified atom stereocenters. The molecule has 124 valence electrons. The molecule has 0 aliphatic carbocycles. The minimum absolute atomic E-state index is 0. The van der Waals surface area contributed by atoms with E-state index in [1.165, 1.54) is 0 Å². The minimum atomic E-state index is -4.34. The summed E-state index contributed by atoms with van der Waals surface area (Å²) in [7, 11) is 0. The first-order valence-electron chi connectivity index (χ1n) is 7.06. The highest BCUT2D eigenvalue weighted by Gasteiger charge is 2.31. The highest BCUT2D eigenvalue weighted by atomic mass is 32.1. The third-order valence-electron chi connectivity index (χ3n) is 3.49. The third kappa shape index (κ3) is 5.13. The van der Waals surface area contributed by atoms with Gasteiger partial charge in [0.15, 0.2) is 0 Å². The van der Waals surface area contributed by atoms with Crippen molar-refractivity contribution in [1.29, 1.82) is 0 Å². The molecule has 2 aromatic rings. The van der Waals surface area contributed by atoms with Crippen LogP contribution in [0, 0.1) is 6.92 Å². The summed E-state index contributed by atoms with van der Waals surface area (Å²) in [6, 6.07) is 13.6. The van der Waals surface area contributed by atoms with Crippen LogP contribution in [-0.2, 0) is 6.18 Å². The quantitative estimate of drug-likeness (QED) is 0.636. The van der Waals surface area contributed by atoms with Crippen LogP contribution in [0.3, 0.4) is 0 Å². The van der Waals surface area contributed by atoms with Gasteiger partial charge in [-0.2, -0.15) is 26.7 Å². The Labute approximate surface area is 141 Å². The number of aryl methyl sites for hydroxylation is 1. The van der Waals surface area contributed by atoms with E-state index in [4.69, 9.17) is 0 Å². The van der Waals surface area contributed by atoms with Gasteiger partial charge in [0.1, 0.15) is 0 Å². The maximum atomic E-state index is 12.9. The lowest BCUT2D eigenvalue weighted by Crippen LogP contribution is -2.08. The molecule has 2 rings (SSSR count). The van der Waals surface area contributed by atoms with Crippen molar-refractivity contribution in [3.63, 3.8) is 0 Å². The summed E-state index contributed by atoms with van der Waals surface area (Å²) < 4.78 is 38.7. The largest absolute Gasteiger partial charge is 0.416 e. The van der Waals surface area contributed by atoms with E-state index in [2.05, 4.69) is 4.99 Å². The Hall–Kier alpha value is -1.75. The molecule has 0 amide bonds. The molecule has 0 saturated heterocycles. The molecule has 0 radical (unpaired) electrons. The predicted molar refractivity (Wildman–Crippen MR) is 93.6 cm³/mol. The number of aliphatic imine (C=N–C) groups is 1. The van der Waals surface area contributed by atoms with Crippen molar-refractivity contribution >= 4 is 19.2 Å². The molecule has 0 saturated carbocycles. The Kier molecular flexibility index (Phi) is 6.45. The number of nitrogens with zero attached hydrogens (tertiary/aromatic N) is 1. The van der Waals surface area contributed by atoms with Crippen LogP contribution in [0.25, 0.3) is 0 Å². The number of benzene rings is 2. The fourth-order valence-electron chi connectivity index (χ4n) is 2.33. The molecule has 0 fully saturated rings. The Bertz CT molecular complexity index is 678. The van der Waals surface area contributed by atoms with Crippen molar-refractivity contribution in [3.05, 3.63) is 70.8 Å². The zero-order valence-electron chi connectivity index (χ0n) is 13.3. The monoisotopic (exact) mass is 339 g/mol. The molecule has 23 heavy (non-hydrogen) atoms. The molecule has 2 aromatic carbocycles. The topological polar surface area (TPSA) is 12.4 Å². The van der Waals surface area contributed by atoms with E-state index in [1.54, 1.807) is 19.9 Å². The first-order chi connectivity index (χ1) is 10.3. The summed E-state index contributed by atoms with van der Waals surface area (Å²) in [6.45, 7) is 5.33. The summed E-state index contributed by atoms with van der Waals surface area (Å²) in [5.74, 6) is 0. The maximum absolute atomic E-state index is 12.9. The van der Waals surface area contributed by atoms with Crippen LogP contribution in [0.2, 0.25) is 0 Å². The van der Waals surface area contributed by atoms with E-state index >= 15 is 0 Å². The van der Waals surface area contributed by atoms with Crippen LogP contribution < -0.4 is 0 Å². The van der Waals surface area contributed by atoms with Crippen LogP contribution in [-0.4, -0.2) is 5.71 Å². The van der Waals surface area contributed by atoms with E-state index in [9.17, 15) is 13.2 Å². The first kappa shape index (κ1) is 19.3. The van der Waals surface area contributed by atoms with Crippen molar-refractivity contribution in [1.82, 2.24) is 0 Å². The molecule has 0 heterocycles. The summed E-state index contributed by atoms with van der Waals surface area (Å²) in [4.78, 5) is 4.53. The second-order valence-corrected chi connectivity index (χ2v) is 5.39. The van der Waals surface area contributed by atoms with E-state index in [1.807, 2.05) is 37.3 Å². The summed E-state index contributed by atoms with van der Waals surface area (Å²) >= 11 is 0. The van der Waals surface area contributed by atoms with Crippen molar-refractivity contribution in [2.75, 3.05) is 0 Å². The standard InChI is InChI=1S/C18H18F3N.H2S/c1-12-9-16(11-17(10-12)18(19,20)21)14(3)22-13(2)15-7-5-4-6-8-15;/h4-11,13H,1-3H3;1H2. The van der Waals surface area contributed by atoms with E-state index in [-0.39, 0.29) is 19.5 Å². The summed E-state index contributed by atoms with van der Waals surface area (Å²) in [5, 5.41) is 0. The lowest BCUT2D eigenvalue weighted by atomic mass is 10.0. The molecule has 0 aromatic heterocycles. The van der Waals surface area contributed by atoms with Gasteiger partial charge in [0.25, 0.3) is 0 Å². The van der Waals surface area contributed by atoms with Gasteiger partial charge in [-0.25, -0.2) is 0 Å². The number of alkyl halides is 3. The van der Waals surface area contributed by atoms with Gasteiger partial charge in [0.05, 0.1) is 11.6 Å². The average Bonchev–Trinajstić information content (AvgIpc) is 2.46. The summed E-state index contributed by atoms with van der Waals surface area (Å²) in [5.41, 5.74) is 2.09. The van der Waals surface area contributed by atoms with Crippen LogP contribution in [0.1, 0.15) is 42.1 Å². The van der Waals surface area contributed by atoms with Gasteiger partial charge in [0.2, 0.25) is 0 Å². The normalized spacial score (nSPS) is 13.4.